The lowest BCUT2D eigenvalue weighted by Crippen LogP contribution is -2.21. The van der Waals surface area contributed by atoms with E-state index in [1.807, 2.05) is 44.2 Å². The van der Waals surface area contributed by atoms with E-state index < -0.39 is 5.97 Å². The van der Waals surface area contributed by atoms with Crippen LogP contribution in [0, 0.1) is 6.92 Å². The molecule has 2 aromatic rings. The van der Waals surface area contributed by atoms with Gasteiger partial charge in [0, 0.05) is 16.8 Å². The molecule has 0 saturated heterocycles. The molecule has 2 rings (SSSR count). The summed E-state index contributed by atoms with van der Waals surface area (Å²) in [5, 5.41) is 1.99. The number of rotatable bonds is 7. The summed E-state index contributed by atoms with van der Waals surface area (Å²) in [6.07, 6.45) is 0.791. The normalized spacial score (nSPS) is 11.8. The van der Waals surface area contributed by atoms with Crippen LogP contribution in [0.5, 0.6) is 11.5 Å². The summed E-state index contributed by atoms with van der Waals surface area (Å²) >= 11 is 0. The Morgan fingerprint density at radius 2 is 1.96 bits per heavy atom. The number of hydrogen-bond donors (Lipinski definition) is 0. The van der Waals surface area contributed by atoms with Crippen LogP contribution < -0.4 is 9.47 Å². The highest BCUT2D eigenvalue weighted by atomic mass is 16.6. The molecule has 4 heteroatoms. The maximum atomic E-state index is 11.2. The van der Waals surface area contributed by atoms with Gasteiger partial charge in [-0.05, 0) is 32.4 Å². The first-order chi connectivity index (χ1) is 11.1. The molecule has 0 spiro atoms. The predicted molar refractivity (Wildman–Crippen MR) is 91.1 cm³/mol. The molecule has 0 amide bonds. The van der Waals surface area contributed by atoms with Crippen LogP contribution >= 0.6 is 0 Å². The quantitative estimate of drug-likeness (QED) is 0.571. The number of fused-ring (bicyclic) bond motifs is 1. The summed E-state index contributed by atoms with van der Waals surface area (Å²) in [5.74, 6) is 1.18. The maximum Gasteiger partial charge on any atom is 0.330 e. The second kappa shape index (κ2) is 7.68. The Kier molecular flexibility index (Phi) is 5.63. The van der Waals surface area contributed by atoms with Gasteiger partial charge in [0.15, 0.2) is 0 Å². The van der Waals surface area contributed by atoms with E-state index in [-0.39, 0.29) is 12.7 Å². The van der Waals surface area contributed by atoms with Crippen LogP contribution in [-0.2, 0) is 9.53 Å². The summed E-state index contributed by atoms with van der Waals surface area (Å²) < 4.78 is 16.8. The number of carbonyl (C=O) groups is 1. The smallest absolute Gasteiger partial charge is 0.330 e. The molecular weight excluding hydrogens is 292 g/mol. The number of ether oxygens (including phenoxy) is 3. The summed E-state index contributed by atoms with van der Waals surface area (Å²) in [6, 6.07) is 9.92. The Bertz CT molecular complexity index is 706. The lowest BCUT2D eigenvalue weighted by molar-refractivity contribution is -0.143. The number of aryl methyl sites for hydroxylation is 1. The third kappa shape index (κ3) is 4.03. The molecule has 0 aliphatic rings. The predicted octanol–water partition coefficient (Wildman–Crippen LogP) is 4.04. The topological polar surface area (TPSA) is 44.8 Å². The number of esters is 1. The van der Waals surface area contributed by atoms with E-state index in [0.29, 0.717) is 6.61 Å². The van der Waals surface area contributed by atoms with Crippen LogP contribution in [-0.4, -0.2) is 25.3 Å². The Hall–Kier alpha value is -2.49. The standard InChI is InChI=1S/C19H22O4/c1-5-18(20)23-14(4)12-22-19-13(3)11-17(21-6-2)15-9-7-8-10-16(15)19/h5,7-11,14H,1,6,12H2,2-4H3. The first-order valence-corrected chi connectivity index (χ1v) is 7.67. The van der Waals surface area contributed by atoms with Crippen molar-refractivity contribution in [2.45, 2.75) is 26.9 Å². The molecule has 1 unspecified atom stereocenters. The molecule has 4 nitrogen and oxygen atoms in total. The van der Waals surface area contributed by atoms with Crippen LogP contribution in [0.2, 0.25) is 0 Å². The van der Waals surface area contributed by atoms with Crippen LogP contribution in [0.25, 0.3) is 10.8 Å². The molecule has 0 N–H and O–H groups in total. The van der Waals surface area contributed by atoms with Crippen LogP contribution in [0.15, 0.2) is 43.0 Å². The van der Waals surface area contributed by atoms with Gasteiger partial charge in [-0.3, -0.25) is 0 Å². The molecule has 0 saturated carbocycles. The second-order valence-electron chi connectivity index (χ2n) is 5.26. The molecule has 0 fully saturated rings. The molecule has 23 heavy (non-hydrogen) atoms. The van der Waals surface area contributed by atoms with Gasteiger partial charge in [0.25, 0.3) is 0 Å². The lowest BCUT2D eigenvalue weighted by Gasteiger charge is -2.18. The maximum absolute atomic E-state index is 11.2. The van der Waals surface area contributed by atoms with E-state index in [2.05, 4.69) is 6.58 Å². The molecule has 1 atom stereocenters. The Morgan fingerprint density at radius 1 is 1.26 bits per heavy atom. The highest BCUT2D eigenvalue weighted by Crippen LogP contribution is 2.36. The van der Waals surface area contributed by atoms with Crippen molar-refractivity contribution in [3.05, 3.63) is 48.6 Å². The summed E-state index contributed by atoms with van der Waals surface area (Å²) in [6.45, 7) is 9.99. The van der Waals surface area contributed by atoms with Crippen LogP contribution in [0.3, 0.4) is 0 Å². The SMILES string of the molecule is C=CC(=O)OC(C)COc1c(C)cc(OCC)c2ccccc12. The average Bonchev–Trinajstić information content (AvgIpc) is 2.54. The molecule has 2 aromatic carbocycles. The molecule has 0 aliphatic carbocycles. The number of hydrogen-bond acceptors (Lipinski definition) is 4. The molecule has 122 valence electrons. The first kappa shape index (κ1) is 16.9. The number of carbonyl (C=O) groups excluding carboxylic acids is 1. The van der Waals surface area contributed by atoms with Gasteiger partial charge in [-0.1, -0.05) is 30.8 Å². The molecule has 0 radical (unpaired) electrons. The van der Waals surface area contributed by atoms with Crippen molar-refractivity contribution in [1.82, 2.24) is 0 Å². The zero-order chi connectivity index (χ0) is 16.8. The molecule has 0 aliphatic heterocycles. The highest BCUT2D eigenvalue weighted by molar-refractivity contribution is 5.94. The molecular formula is C19H22O4. The van der Waals surface area contributed by atoms with Crippen molar-refractivity contribution in [2.75, 3.05) is 13.2 Å². The minimum atomic E-state index is -0.450. The molecule has 0 bridgehead atoms. The average molecular weight is 314 g/mol. The monoisotopic (exact) mass is 314 g/mol. The van der Waals surface area contributed by atoms with E-state index in [0.717, 1.165) is 33.9 Å². The van der Waals surface area contributed by atoms with Crippen molar-refractivity contribution < 1.29 is 19.0 Å². The fourth-order valence-corrected chi connectivity index (χ4v) is 2.40. The van der Waals surface area contributed by atoms with E-state index in [1.165, 1.54) is 0 Å². The zero-order valence-corrected chi connectivity index (χ0v) is 13.8. The fourth-order valence-electron chi connectivity index (χ4n) is 2.40. The van der Waals surface area contributed by atoms with Gasteiger partial charge in [0.05, 0.1) is 6.61 Å². The van der Waals surface area contributed by atoms with E-state index in [4.69, 9.17) is 14.2 Å². The van der Waals surface area contributed by atoms with Crippen LogP contribution in [0.4, 0.5) is 0 Å². The Balaban J connectivity index is 2.27. The fraction of sp³-hybridized carbons (Fsp3) is 0.316. The molecule has 0 heterocycles. The Labute approximate surface area is 136 Å². The molecule has 0 aromatic heterocycles. The summed E-state index contributed by atoms with van der Waals surface area (Å²) in [5.41, 5.74) is 0.981. The second-order valence-corrected chi connectivity index (χ2v) is 5.26. The largest absolute Gasteiger partial charge is 0.493 e. The van der Waals surface area contributed by atoms with Gasteiger partial charge >= 0.3 is 5.97 Å². The van der Waals surface area contributed by atoms with E-state index >= 15 is 0 Å². The van der Waals surface area contributed by atoms with Gasteiger partial charge < -0.3 is 14.2 Å². The van der Waals surface area contributed by atoms with Crippen LogP contribution in [0.1, 0.15) is 19.4 Å². The lowest BCUT2D eigenvalue weighted by atomic mass is 10.0. The minimum absolute atomic E-state index is 0.276. The van der Waals surface area contributed by atoms with Crippen molar-refractivity contribution in [3.63, 3.8) is 0 Å². The van der Waals surface area contributed by atoms with Gasteiger partial charge in [-0.25, -0.2) is 4.79 Å². The first-order valence-electron chi connectivity index (χ1n) is 7.67. The zero-order valence-electron chi connectivity index (χ0n) is 13.8. The summed E-state index contributed by atoms with van der Waals surface area (Å²) in [4.78, 5) is 11.2. The highest BCUT2D eigenvalue weighted by Gasteiger charge is 2.14. The van der Waals surface area contributed by atoms with Gasteiger partial charge in [-0.2, -0.15) is 0 Å². The minimum Gasteiger partial charge on any atom is -0.493 e. The van der Waals surface area contributed by atoms with Crippen molar-refractivity contribution in [3.8, 4) is 11.5 Å². The Morgan fingerprint density at radius 3 is 2.61 bits per heavy atom. The van der Waals surface area contributed by atoms with E-state index in [9.17, 15) is 4.79 Å². The number of benzene rings is 2. The van der Waals surface area contributed by atoms with Crippen molar-refractivity contribution in [1.29, 1.82) is 0 Å². The third-order valence-corrected chi connectivity index (χ3v) is 3.39. The van der Waals surface area contributed by atoms with Gasteiger partial charge in [0.2, 0.25) is 0 Å². The van der Waals surface area contributed by atoms with Gasteiger partial charge in [-0.15, -0.1) is 0 Å². The third-order valence-electron chi connectivity index (χ3n) is 3.39. The van der Waals surface area contributed by atoms with Gasteiger partial charge in [0.1, 0.15) is 24.2 Å². The van der Waals surface area contributed by atoms with E-state index in [1.54, 1.807) is 6.92 Å². The van der Waals surface area contributed by atoms with Crippen molar-refractivity contribution in [2.24, 2.45) is 0 Å². The summed E-state index contributed by atoms with van der Waals surface area (Å²) in [7, 11) is 0. The van der Waals surface area contributed by atoms with Crippen molar-refractivity contribution >= 4 is 16.7 Å².